The van der Waals surface area contributed by atoms with E-state index in [1.165, 1.54) is 12.8 Å². The van der Waals surface area contributed by atoms with Crippen molar-refractivity contribution in [2.75, 3.05) is 23.3 Å². The molecule has 100 valence electrons. The van der Waals surface area contributed by atoms with Gasteiger partial charge in [0.25, 0.3) is 0 Å². The molecule has 2 aliphatic rings. The van der Waals surface area contributed by atoms with Crippen molar-refractivity contribution in [3.8, 4) is 0 Å². The Balaban J connectivity index is 0.00000120. The topological polar surface area (TPSA) is 67.1 Å². The average molecular weight is 270 g/mol. The van der Waals surface area contributed by atoms with Gasteiger partial charge in [0.05, 0.1) is 0 Å². The standard InChI is InChI=1S/C12H19N5.ClH/c13-9-2-1-5-17(7-9)12-6-11(14-8-15-12)16-10-3-4-10;/h6,8-10H,1-5,7,13H2,(H,14,15,16);1H. The van der Waals surface area contributed by atoms with Crippen LogP contribution in [0.15, 0.2) is 12.4 Å². The summed E-state index contributed by atoms with van der Waals surface area (Å²) in [5, 5.41) is 3.40. The van der Waals surface area contributed by atoms with Gasteiger partial charge in [0, 0.05) is 31.2 Å². The Morgan fingerprint density at radius 1 is 1.28 bits per heavy atom. The van der Waals surface area contributed by atoms with Gasteiger partial charge in [-0.1, -0.05) is 0 Å². The fourth-order valence-electron chi connectivity index (χ4n) is 2.25. The van der Waals surface area contributed by atoms with Gasteiger partial charge >= 0.3 is 0 Å². The van der Waals surface area contributed by atoms with Crippen LogP contribution in [-0.4, -0.2) is 35.1 Å². The SMILES string of the molecule is Cl.NC1CCCN(c2cc(NC3CC3)ncn2)C1. The Labute approximate surface area is 114 Å². The first-order valence-corrected chi connectivity index (χ1v) is 6.40. The van der Waals surface area contributed by atoms with Crippen LogP contribution in [0.1, 0.15) is 25.7 Å². The van der Waals surface area contributed by atoms with Crippen LogP contribution in [0.3, 0.4) is 0 Å². The van der Waals surface area contributed by atoms with Gasteiger partial charge in [-0.2, -0.15) is 0 Å². The van der Waals surface area contributed by atoms with Crippen molar-refractivity contribution in [2.24, 2.45) is 5.73 Å². The van der Waals surface area contributed by atoms with Crippen LogP contribution in [-0.2, 0) is 0 Å². The van der Waals surface area contributed by atoms with Crippen molar-refractivity contribution in [1.29, 1.82) is 0 Å². The number of aromatic nitrogens is 2. The molecule has 0 radical (unpaired) electrons. The summed E-state index contributed by atoms with van der Waals surface area (Å²) in [6.07, 6.45) is 6.42. The Morgan fingerprint density at radius 3 is 2.83 bits per heavy atom. The van der Waals surface area contributed by atoms with Crippen LogP contribution < -0.4 is 16.0 Å². The van der Waals surface area contributed by atoms with Gasteiger partial charge in [-0.25, -0.2) is 9.97 Å². The van der Waals surface area contributed by atoms with Crippen molar-refractivity contribution in [2.45, 2.75) is 37.8 Å². The molecule has 1 aliphatic carbocycles. The van der Waals surface area contributed by atoms with Crippen LogP contribution in [0.4, 0.5) is 11.6 Å². The normalized spacial score (nSPS) is 23.4. The van der Waals surface area contributed by atoms with Crippen LogP contribution in [0.2, 0.25) is 0 Å². The van der Waals surface area contributed by atoms with E-state index in [1.54, 1.807) is 6.33 Å². The monoisotopic (exact) mass is 269 g/mol. The lowest BCUT2D eigenvalue weighted by Crippen LogP contribution is -2.43. The molecule has 1 aromatic heterocycles. The zero-order valence-electron chi connectivity index (χ0n) is 10.4. The maximum absolute atomic E-state index is 5.99. The first-order chi connectivity index (χ1) is 8.31. The molecule has 1 saturated heterocycles. The molecule has 0 bridgehead atoms. The Morgan fingerprint density at radius 2 is 2.11 bits per heavy atom. The van der Waals surface area contributed by atoms with Gasteiger partial charge in [-0.15, -0.1) is 12.4 Å². The van der Waals surface area contributed by atoms with Crippen molar-refractivity contribution in [3.63, 3.8) is 0 Å². The number of rotatable bonds is 3. The highest BCUT2D eigenvalue weighted by Gasteiger charge is 2.22. The molecule has 1 atom stereocenters. The quantitative estimate of drug-likeness (QED) is 0.868. The van der Waals surface area contributed by atoms with Crippen molar-refractivity contribution in [3.05, 3.63) is 12.4 Å². The van der Waals surface area contributed by atoms with E-state index in [2.05, 4.69) is 20.2 Å². The van der Waals surface area contributed by atoms with E-state index in [4.69, 9.17) is 5.73 Å². The molecule has 1 aromatic rings. The summed E-state index contributed by atoms with van der Waals surface area (Å²) in [6.45, 7) is 1.95. The minimum Gasteiger partial charge on any atom is -0.367 e. The van der Waals surface area contributed by atoms with Crippen molar-refractivity contribution in [1.82, 2.24) is 9.97 Å². The summed E-state index contributed by atoms with van der Waals surface area (Å²) in [7, 11) is 0. The molecule has 1 aliphatic heterocycles. The second kappa shape index (κ2) is 5.71. The Hall–Kier alpha value is -1.07. The highest BCUT2D eigenvalue weighted by molar-refractivity contribution is 5.85. The number of nitrogens with two attached hydrogens (primary N) is 1. The summed E-state index contributed by atoms with van der Waals surface area (Å²) in [6, 6.07) is 2.94. The molecule has 3 N–H and O–H groups in total. The summed E-state index contributed by atoms with van der Waals surface area (Å²) in [5.74, 6) is 1.94. The van der Waals surface area contributed by atoms with Gasteiger partial charge in [0.2, 0.25) is 0 Å². The molecule has 6 heteroatoms. The largest absolute Gasteiger partial charge is 0.367 e. The van der Waals surface area contributed by atoms with E-state index < -0.39 is 0 Å². The Bertz CT molecular complexity index is 396. The molecule has 2 heterocycles. The predicted octanol–water partition coefficient (Wildman–Crippen LogP) is 1.40. The zero-order chi connectivity index (χ0) is 11.7. The minimum absolute atomic E-state index is 0. The lowest BCUT2D eigenvalue weighted by atomic mass is 10.1. The van der Waals surface area contributed by atoms with Crippen LogP contribution >= 0.6 is 12.4 Å². The molecule has 0 aromatic carbocycles. The third-order valence-electron chi connectivity index (χ3n) is 3.36. The highest BCUT2D eigenvalue weighted by Crippen LogP contribution is 2.25. The summed E-state index contributed by atoms with van der Waals surface area (Å²) in [4.78, 5) is 10.9. The number of anilines is 2. The maximum atomic E-state index is 5.99. The van der Waals surface area contributed by atoms with Crippen LogP contribution in [0, 0.1) is 0 Å². The fourth-order valence-corrected chi connectivity index (χ4v) is 2.25. The second-order valence-corrected chi connectivity index (χ2v) is 5.03. The number of nitrogens with one attached hydrogen (secondary N) is 1. The zero-order valence-corrected chi connectivity index (χ0v) is 11.2. The number of piperidine rings is 1. The minimum atomic E-state index is 0. The van der Waals surface area contributed by atoms with Crippen molar-refractivity contribution < 1.29 is 0 Å². The van der Waals surface area contributed by atoms with E-state index in [0.717, 1.165) is 37.6 Å². The van der Waals surface area contributed by atoms with E-state index in [-0.39, 0.29) is 18.4 Å². The number of hydrogen-bond acceptors (Lipinski definition) is 5. The first kappa shape index (κ1) is 13.4. The van der Waals surface area contributed by atoms with E-state index in [9.17, 15) is 0 Å². The highest BCUT2D eigenvalue weighted by atomic mass is 35.5. The van der Waals surface area contributed by atoms with Gasteiger partial charge in [-0.3, -0.25) is 0 Å². The number of hydrogen-bond donors (Lipinski definition) is 2. The third-order valence-corrected chi connectivity index (χ3v) is 3.36. The molecular weight excluding hydrogens is 250 g/mol. The molecule has 0 amide bonds. The van der Waals surface area contributed by atoms with Gasteiger partial charge < -0.3 is 16.0 Å². The summed E-state index contributed by atoms with van der Waals surface area (Å²) >= 11 is 0. The van der Waals surface area contributed by atoms with E-state index >= 15 is 0 Å². The lowest BCUT2D eigenvalue weighted by Gasteiger charge is -2.31. The molecule has 18 heavy (non-hydrogen) atoms. The molecule has 5 nitrogen and oxygen atoms in total. The lowest BCUT2D eigenvalue weighted by molar-refractivity contribution is 0.503. The van der Waals surface area contributed by atoms with Crippen molar-refractivity contribution >= 4 is 24.0 Å². The fraction of sp³-hybridized carbons (Fsp3) is 0.667. The molecule has 2 fully saturated rings. The molecule has 3 rings (SSSR count). The smallest absolute Gasteiger partial charge is 0.134 e. The van der Waals surface area contributed by atoms with Gasteiger partial charge in [0.15, 0.2) is 0 Å². The van der Waals surface area contributed by atoms with Gasteiger partial charge in [0.1, 0.15) is 18.0 Å². The summed E-state index contributed by atoms with van der Waals surface area (Å²) < 4.78 is 0. The number of halogens is 1. The van der Waals surface area contributed by atoms with Crippen LogP contribution in [0.25, 0.3) is 0 Å². The molecular formula is C12H20ClN5. The summed E-state index contributed by atoms with van der Waals surface area (Å²) in [5.41, 5.74) is 5.99. The van der Waals surface area contributed by atoms with Crippen LogP contribution in [0.5, 0.6) is 0 Å². The van der Waals surface area contributed by atoms with E-state index in [0.29, 0.717) is 6.04 Å². The average Bonchev–Trinajstić information content (AvgIpc) is 3.13. The molecule has 1 saturated carbocycles. The third kappa shape index (κ3) is 3.23. The first-order valence-electron chi connectivity index (χ1n) is 6.40. The molecule has 0 spiro atoms. The van der Waals surface area contributed by atoms with E-state index in [1.807, 2.05) is 6.07 Å². The predicted molar refractivity (Wildman–Crippen MR) is 75.3 cm³/mol. The second-order valence-electron chi connectivity index (χ2n) is 5.03. The Kier molecular flexibility index (Phi) is 4.24. The maximum Gasteiger partial charge on any atom is 0.134 e. The molecule has 1 unspecified atom stereocenters. The van der Waals surface area contributed by atoms with Gasteiger partial charge in [-0.05, 0) is 25.7 Å². The number of nitrogens with zero attached hydrogens (tertiary/aromatic N) is 3.